The quantitative estimate of drug-likeness (QED) is 0.758. The molecule has 0 spiro atoms. The van der Waals surface area contributed by atoms with Gasteiger partial charge in [0.25, 0.3) is 10.2 Å². The van der Waals surface area contributed by atoms with E-state index in [9.17, 15) is 12.8 Å². The molecule has 0 saturated carbocycles. The Kier molecular flexibility index (Phi) is 3.59. The Morgan fingerprint density at radius 3 is 2.60 bits per heavy atom. The van der Waals surface area contributed by atoms with E-state index in [2.05, 4.69) is 14.4 Å². The van der Waals surface area contributed by atoms with Crippen molar-refractivity contribution in [2.75, 3.05) is 4.72 Å². The van der Waals surface area contributed by atoms with Gasteiger partial charge in [-0.05, 0) is 26.0 Å². The van der Waals surface area contributed by atoms with Crippen LogP contribution in [0.5, 0.6) is 0 Å². The fraction of sp³-hybridized carbons (Fsp3) is 0.375. The molecule has 1 heterocycles. The van der Waals surface area contributed by atoms with Crippen LogP contribution in [0.3, 0.4) is 0 Å². The maximum Gasteiger partial charge on any atom is 0.300 e. The number of halogens is 1. The molecule has 7 heteroatoms. The first-order valence-electron chi connectivity index (χ1n) is 4.32. The molecule has 0 saturated heterocycles. The summed E-state index contributed by atoms with van der Waals surface area (Å²) in [5, 5.41) is 0. The lowest BCUT2D eigenvalue weighted by atomic mass is 10.4. The SMILES string of the molecule is CC(C)NS(=O)(=O)Nc1cccc(F)n1. The molecule has 0 bridgehead atoms. The average molecular weight is 233 g/mol. The highest BCUT2D eigenvalue weighted by Gasteiger charge is 2.11. The second-order valence-electron chi connectivity index (χ2n) is 3.22. The zero-order valence-electron chi connectivity index (χ0n) is 8.36. The summed E-state index contributed by atoms with van der Waals surface area (Å²) in [7, 11) is -3.68. The van der Waals surface area contributed by atoms with Crippen molar-refractivity contribution in [1.82, 2.24) is 9.71 Å². The molecule has 1 aromatic heterocycles. The van der Waals surface area contributed by atoms with Crippen LogP contribution >= 0.6 is 0 Å². The summed E-state index contributed by atoms with van der Waals surface area (Å²) in [5.41, 5.74) is 0. The van der Waals surface area contributed by atoms with E-state index in [1.807, 2.05) is 0 Å². The third-order valence-corrected chi connectivity index (χ3v) is 2.60. The maximum atomic E-state index is 12.6. The van der Waals surface area contributed by atoms with Crippen molar-refractivity contribution in [3.05, 3.63) is 24.1 Å². The highest BCUT2D eigenvalue weighted by Crippen LogP contribution is 2.05. The Balaban J connectivity index is 2.78. The van der Waals surface area contributed by atoms with Gasteiger partial charge in [0, 0.05) is 6.04 Å². The van der Waals surface area contributed by atoms with Gasteiger partial charge >= 0.3 is 0 Å². The number of pyridine rings is 1. The molecule has 1 rings (SSSR count). The zero-order valence-corrected chi connectivity index (χ0v) is 9.18. The molecule has 84 valence electrons. The van der Waals surface area contributed by atoms with Crippen LogP contribution < -0.4 is 9.44 Å². The van der Waals surface area contributed by atoms with Crippen molar-refractivity contribution in [1.29, 1.82) is 0 Å². The topological polar surface area (TPSA) is 71.1 Å². The van der Waals surface area contributed by atoms with Gasteiger partial charge in [-0.25, -0.2) is 4.98 Å². The van der Waals surface area contributed by atoms with E-state index in [-0.39, 0.29) is 11.9 Å². The van der Waals surface area contributed by atoms with E-state index in [1.54, 1.807) is 13.8 Å². The van der Waals surface area contributed by atoms with Gasteiger partial charge in [0.15, 0.2) is 0 Å². The van der Waals surface area contributed by atoms with Crippen LogP contribution in [0.25, 0.3) is 0 Å². The maximum absolute atomic E-state index is 12.6. The minimum atomic E-state index is -3.68. The number of rotatable bonds is 4. The van der Waals surface area contributed by atoms with E-state index in [0.29, 0.717) is 0 Å². The Morgan fingerprint density at radius 1 is 1.40 bits per heavy atom. The summed E-state index contributed by atoms with van der Waals surface area (Å²) in [6.45, 7) is 3.36. The Morgan fingerprint density at radius 2 is 2.07 bits per heavy atom. The first kappa shape index (κ1) is 11.9. The normalized spacial score (nSPS) is 11.7. The Hall–Kier alpha value is -1.21. The molecule has 0 amide bonds. The van der Waals surface area contributed by atoms with Crippen molar-refractivity contribution in [3.8, 4) is 0 Å². The molecule has 15 heavy (non-hydrogen) atoms. The van der Waals surface area contributed by atoms with Gasteiger partial charge in [-0.3, -0.25) is 4.72 Å². The number of nitrogens with one attached hydrogen (secondary N) is 2. The highest BCUT2D eigenvalue weighted by atomic mass is 32.2. The molecule has 0 aliphatic rings. The van der Waals surface area contributed by atoms with Gasteiger partial charge < -0.3 is 0 Å². The first-order valence-corrected chi connectivity index (χ1v) is 5.80. The summed E-state index contributed by atoms with van der Waals surface area (Å²) >= 11 is 0. The van der Waals surface area contributed by atoms with E-state index in [4.69, 9.17) is 0 Å². The standard InChI is InChI=1S/C8H12FN3O2S/c1-6(2)11-15(13,14)12-8-5-3-4-7(9)10-8/h3-6,11H,1-2H3,(H,10,12). The Labute approximate surface area is 87.9 Å². The molecule has 2 N–H and O–H groups in total. The second-order valence-corrected chi connectivity index (χ2v) is 4.67. The second kappa shape index (κ2) is 4.54. The molecule has 1 aromatic rings. The van der Waals surface area contributed by atoms with Crippen LogP contribution in [0, 0.1) is 5.95 Å². The van der Waals surface area contributed by atoms with Crippen LogP contribution in [0.2, 0.25) is 0 Å². The zero-order chi connectivity index (χ0) is 11.5. The van der Waals surface area contributed by atoms with Crippen LogP contribution in [0.1, 0.15) is 13.8 Å². The molecule has 0 radical (unpaired) electrons. The van der Waals surface area contributed by atoms with Crippen LogP contribution in [-0.4, -0.2) is 19.4 Å². The van der Waals surface area contributed by atoms with E-state index >= 15 is 0 Å². The van der Waals surface area contributed by atoms with Crippen molar-refractivity contribution < 1.29 is 12.8 Å². The molecule has 0 unspecified atom stereocenters. The van der Waals surface area contributed by atoms with Crippen LogP contribution in [0.4, 0.5) is 10.2 Å². The van der Waals surface area contributed by atoms with Crippen molar-refractivity contribution in [2.24, 2.45) is 0 Å². The van der Waals surface area contributed by atoms with Gasteiger partial charge in [-0.1, -0.05) is 6.07 Å². The third kappa shape index (κ3) is 4.22. The molecular weight excluding hydrogens is 221 g/mol. The van der Waals surface area contributed by atoms with Crippen LogP contribution in [0.15, 0.2) is 18.2 Å². The summed E-state index contributed by atoms with van der Waals surface area (Å²) < 4.78 is 39.7. The van der Waals surface area contributed by atoms with Crippen molar-refractivity contribution in [2.45, 2.75) is 19.9 Å². The molecular formula is C8H12FN3O2S. The minimum Gasteiger partial charge on any atom is -0.255 e. The number of hydrogen-bond acceptors (Lipinski definition) is 3. The molecule has 5 nitrogen and oxygen atoms in total. The molecule has 0 fully saturated rings. The van der Waals surface area contributed by atoms with Gasteiger partial charge in [0.2, 0.25) is 5.95 Å². The predicted octanol–water partition coefficient (Wildman–Crippen LogP) is 0.875. The van der Waals surface area contributed by atoms with Gasteiger partial charge in [0.1, 0.15) is 5.82 Å². The monoisotopic (exact) mass is 233 g/mol. The lowest BCUT2D eigenvalue weighted by molar-refractivity contribution is 0.573. The summed E-state index contributed by atoms with van der Waals surface area (Å²) in [5.74, 6) is -0.789. The van der Waals surface area contributed by atoms with Crippen LogP contribution in [-0.2, 0) is 10.2 Å². The summed E-state index contributed by atoms with van der Waals surface area (Å²) in [6.07, 6.45) is 0. The number of nitrogens with zero attached hydrogens (tertiary/aromatic N) is 1. The molecule has 0 atom stereocenters. The number of aromatic nitrogens is 1. The van der Waals surface area contributed by atoms with E-state index < -0.39 is 16.2 Å². The molecule has 0 aromatic carbocycles. The third-order valence-electron chi connectivity index (χ3n) is 1.34. The first-order chi connectivity index (χ1) is 6.89. The smallest absolute Gasteiger partial charge is 0.255 e. The summed E-state index contributed by atoms with van der Waals surface area (Å²) in [4.78, 5) is 3.37. The van der Waals surface area contributed by atoms with Crippen molar-refractivity contribution >= 4 is 16.0 Å². The largest absolute Gasteiger partial charge is 0.300 e. The van der Waals surface area contributed by atoms with Crippen molar-refractivity contribution in [3.63, 3.8) is 0 Å². The van der Waals surface area contributed by atoms with Gasteiger partial charge in [0.05, 0.1) is 0 Å². The van der Waals surface area contributed by atoms with Gasteiger partial charge in [-0.15, -0.1) is 0 Å². The van der Waals surface area contributed by atoms with E-state index in [1.165, 1.54) is 12.1 Å². The lowest BCUT2D eigenvalue weighted by Crippen LogP contribution is -2.35. The molecule has 0 aliphatic carbocycles. The lowest BCUT2D eigenvalue weighted by Gasteiger charge is -2.10. The number of anilines is 1. The molecule has 0 aliphatic heterocycles. The number of hydrogen-bond donors (Lipinski definition) is 2. The van der Waals surface area contributed by atoms with E-state index in [0.717, 1.165) is 6.07 Å². The average Bonchev–Trinajstić information content (AvgIpc) is 1.99. The van der Waals surface area contributed by atoms with Gasteiger partial charge in [-0.2, -0.15) is 17.5 Å². The highest BCUT2D eigenvalue weighted by molar-refractivity contribution is 7.90. The minimum absolute atomic E-state index is 0.0526. The fourth-order valence-electron chi connectivity index (χ4n) is 0.943. The fourth-order valence-corrected chi connectivity index (χ4v) is 2.01. The Bertz CT molecular complexity index is 433. The predicted molar refractivity (Wildman–Crippen MR) is 55.0 cm³/mol. The summed E-state index contributed by atoms with van der Waals surface area (Å²) in [6, 6.07) is 3.63.